The van der Waals surface area contributed by atoms with Gasteiger partial charge in [-0.1, -0.05) is 19.1 Å². The Bertz CT molecular complexity index is 1030. The molecule has 1 unspecified atom stereocenters. The Labute approximate surface area is 168 Å². The van der Waals surface area contributed by atoms with Crippen molar-refractivity contribution in [2.24, 2.45) is 0 Å². The number of allylic oxidation sites excluding steroid dienone is 1. The molecule has 29 heavy (non-hydrogen) atoms. The zero-order chi connectivity index (χ0) is 20.5. The maximum absolute atomic E-state index is 13.1. The van der Waals surface area contributed by atoms with Crippen molar-refractivity contribution in [2.45, 2.75) is 38.6 Å². The Morgan fingerprint density at radius 3 is 2.59 bits per heavy atom. The lowest BCUT2D eigenvalue weighted by molar-refractivity contribution is -0.384. The lowest BCUT2D eigenvalue weighted by Gasteiger charge is -2.33. The Balaban J connectivity index is 1.96. The smallest absolute Gasteiger partial charge is 0.269 e. The predicted octanol–water partition coefficient (Wildman–Crippen LogP) is 4.51. The van der Waals surface area contributed by atoms with Crippen molar-refractivity contribution in [3.63, 3.8) is 0 Å². The number of nitro benzene ring substituents is 1. The molecule has 1 atom stereocenters. The molecule has 2 aliphatic rings. The summed E-state index contributed by atoms with van der Waals surface area (Å²) in [6, 6.07) is 13.0. The van der Waals surface area contributed by atoms with E-state index in [2.05, 4.69) is 5.32 Å². The van der Waals surface area contributed by atoms with E-state index in [0.29, 0.717) is 29.7 Å². The summed E-state index contributed by atoms with van der Waals surface area (Å²) >= 11 is 0. The van der Waals surface area contributed by atoms with Crippen LogP contribution in [-0.2, 0) is 9.59 Å². The van der Waals surface area contributed by atoms with Crippen LogP contribution in [0.5, 0.6) is 0 Å². The molecule has 0 saturated carbocycles. The number of Topliss-reactive ketones (excluding diaryl/α,β-unsaturated/α-hetero) is 1. The molecule has 1 heterocycles. The standard InChI is InChI=1S/C22H21N3O4/c1-2-20(27)24-18-8-4-3-6-16(18)23-17-7-5-9-19(26)21(17)22(24)14-10-12-15(13-11-14)25(28)29/h3-4,6,8,10-13,22-23H,2,5,7,9H2,1H3. The second-order valence-electron chi connectivity index (χ2n) is 7.18. The Morgan fingerprint density at radius 2 is 1.90 bits per heavy atom. The minimum Gasteiger partial charge on any atom is -0.357 e. The maximum Gasteiger partial charge on any atom is 0.269 e. The monoisotopic (exact) mass is 391 g/mol. The number of rotatable bonds is 3. The van der Waals surface area contributed by atoms with Crippen molar-refractivity contribution in [3.8, 4) is 0 Å². The van der Waals surface area contributed by atoms with Crippen molar-refractivity contribution in [2.75, 3.05) is 10.2 Å². The van der Waals surface area contributed by atoms with E-state index in [1.165, 1.54) is 12.1 Å². The van der Waals surface area contributed by atoms with E-state index >= 15 is 0 Å². The summed E-state index contributed by atoms with van der Waals surface area (Å²) in [5.74, 6) is -0.112. The number of non-ortho nitro benzene ring substituents is 1. The lowest BCUT2D eigenvalue weighted by Crippen LogP contribution is -2.37. The lowest BCUT2D eigenvalue weighted by atomic mass is 9.85. The molecular formula is C22H21N3O4. The highest BCUT2D eigenvalue weighted by Gasteiger charge is 2.39. The van der Waals surface area contributed by atoms with E-state index in [4.69, 9.17) is 0 Å². The van der Waals surface area contributed by atoms with Gasteiger partial charge in [-0.05, 0) is 42.7 Å². The molecule has 2 aromatic rings. The molecule has 0 fully saturated rings. The number of fused-ring (bicyclic) bond motifs is 1. The van der Waals surface area contributed by atoms with Gasteiger partial charge in [-0.2, -0.15) is 0 Å². The van der Waals surface area contributed by atoms with Crippen LogP contribution in [0, 0.1) is 10.1 Å². The first-order valence-electron chi connectivity index (χ1n) is 9.70. The zero-order valence-electron chi connectivity index (χ0n) is 16.1. The average Bonchev–Trinajstić information content (AvgIpc) is 2.88. The summed E-state index contributed by atoms with van der Waals surface area (Å²) in [5.41, 5.74) is 3.52. The molecule has 1 N–H and O–H groups in total. The molecule has 0 bridgehead atoms. The number of nitrogens with one attached hydrogen (secondary N) is 1. The molecule has 0 spiro atoms. The van der Waals surface area contributed by atoms with Crippen molar-refractivity contribution in [1.29, 1.82) is 0 Å². The molecule has 2 aromatic carbocycles. The van der Waals surface area contributed by atoms with Crippen LogP contribution in [0.2, 0.25) is 0 Å². The van der Waals surface area contributed by atoms with Crippen LogP contribution in [0.1, 0.15) is 44.2 Å². The molecular weight excluding hydrogens is 370 g/mol. The van der Waals surface area contributed by atoms with Crippen molar-refractivity contribution in [1.82, 2.24) is 0 Å². The van der Waals surface area contributed by atoms with Gasteiger partial charge in [0.05, 0.1) is 22.3 Å². The van der Waals surface area contributed by atoms with Gasteiger partial charge in [-0.3, -0.25) is 24.6 Å². The summed E-state index contributed by atoms with van der Waals surface area (Å²) in [7, 11) is 0. The van der Waals surface area contributed by atoms with Gasteiger partial charge in [0, 0.05) is 36.2 Å². The van der Waals surface area contributed by atoms with Crippen LogP contribution in [0.25, 0.3) is 0 Å². The third-order valence-corrected chi connectivity index (χ3v) is 5.43. The summed E-state index contributed by atoms with van der Waals surface area (Å²) in [6.45, 7) is 1.79. The SMILES string of the molecule is CCC(=O)N1c2ccccc2NC2=C(C(=O)CCC2)C1c1ccc([N+](=O)[O-])cc1. The number of benzene rings is 2. The minimum absolute atomic E-state index is 0.00353. The van der Waals surface area contributed by atoms with Crippen LogP contribution in [0.15, 0.2) is 59.8 Å². The number of hydrogen-bond acceptors (Lipinski definition) is 5. The summed E-state index contributed by atoms with van der Waals surface area (Å²) in [4.78, 5) is 38.4. The molecule has 7 nitrogen and oxygen atoms in total. The summed E-state index contributed by atoms with van der Waals surface area (Å²) in [6.07, 6.45) is 2.16. The topological polar surface area (TPSA) is 92.6 Å². The molecule has 1 aliphatic carbocycles. The number of nitro groups is 1. The fourth-order valence-corrected chi connectivity index (χ4v) is 4.07. The molecule has 7 heteroatoms. The van der Waals surface area contributed by atoms with Gasteiger partial charge in [-0.25, -0.2) is 0 Å². The predicted molar refractivity (Wildman–Crippen MR) is 110 cm³/mol. The number of amides is 1. The van der Waals surface area contributed by atoms with Gasteiger partial charge in [0.2, 0.25) is 5.91 Å². The number of carbonyl (C=O) groups is 2. The number of carbonyl (C=O) groups excluding carboxylic acids is 2. The summed E-state index contributed by atoms with van der Waals surface area (Å²) < 4.78 is 0. The molecule has 0 radical (unpaired) electrons. The highest BCUT2D eigenvalue weighted by molar-refractivity contribution is 6.06. The number of anilines is 2. The number of hydrogen-bond donors (Lipinski definition) is 1. The van der Waals surface area contributed by atoms with E-state index in [9.17, 15) is 19.7 Å². The molecule has 148 valence electrons. The Kier molecular flexibility index (Phi) is 4.88. The second-order valence-corrected chi connectivity index (χ2v) is 7.18. The van der Waals surface area contributed by atoms with Crippen molar-refractivity contribution >= 4 is 28.8 Å². The van der Waals surface area contributed by atoms with E-state index in [1.807, 2.05) is 24.3 Å². The number of ketones is 1. The molecule has 1 aliphatic heterocycles. The molecule has 0 saturated heterocycles. The first-order chi connectivity index (χ1) is 14.0. The summed E-state index contributed by atoms with van der Waals surface area (Å²) in [5, 5.41) is 14.5. The van der Waals surface area contributed by atoms with Crippen LogP contribution in [-0.4, -0.2) is 16.6 Å². The van der Waals surface area contributed by atoms with Gasteiger partial charge in [0.1, 0.15) is 0 Å². The fraction of sp³-hybridized carbons (Fsp3) is 0.273. The van der Waals surface area contributed by atoms with Crippen LogP contribution in [0.4, 0.5) is 17.1 Å². The van der Waals surface area contributed by atoms with Crippen LogP contribution < -0.4 is 10.2 Å². The number of nitrogens with zero attached hydrogens (tertiary/aromatic N) is 2. The highest BCUT2D eigenvalue weighted by atomic mass is 16.6. The van der Waals surface area contributed by atoms with E-state index in [1.54, 1.807) is 24.0 Å². The molecule has 1 amide bonds. The van der Waals surface area contributed by atoms with Gasteiger partial charge in [-0.15, -0.1) is 0 Å². The maximum atomic E-state index is 13.1. The highest BCUT2D eigenvalue weighted by Crippen LogP contribution is 2.45. The van der Waals surface area contributed by atoms with E-state index in [0.717, 1.165) is 17.8 Å². The van der Waals surface area contributed by atoms with Crippen LogP contribution >= 0.6 is 0 Å². The number of para-hydroxylation sites is 2. The molecule has 4 rings (SSSR count). The second kappa shape index (κ2) is 7.50. The van der Waals surface area contributed by atoms with Crippen LogP contribution in [0.3, 0.4) is 0 Å². The van der Waals surface area contributed by atoms with Crippen molar-refractivity contribution in [3.05, 3.63) is 75.5 Å². The van der Waals surface area contributed by atoms with E-state index < -0.39 is 11.0 Å². The fourth-order valence-electron chi connectivity index (χ4n) is 4.07. The van der Waals surface area contributed by atoms with Gasteiger partial charge < -0.3 is 5.32 Å². The third-order valence-electron chi connectivity index (χ3n) is 5.43. The van der Waals surface area contributed by atoms with Gasteiger partial charge in [0.25, 0.3) is 5.69 Å². The third kappa shape index (κ3) is 3.29. The first-order valence-corrected chi connectivity index (χ1v) is 9.70. The minimum atomic E-state index is -0.623. The normalized spacial score (nSPS) is 18.4. The Hall–Kier alpha value is -3.48. The quantitative estimate of drug-likeness (QED) is 0.614. The first kappa shape index (κ1) is 18.9. The van der Waals surface area contributed by atoms with E-state index in [-0.39, 0.29) is 23.8 Å². The zero-order valence-corrected chi connectivity index (χ0v) is 16.1. The molecule has 0 aromatic heterocycles. The largest absolute Gasteiger partial charge is 0.357 e. The Morgan fingerprint density at radius 1 is 1.17 bits per heavy atom. The average molecular weight is 391 g/mol. The van der Waals surface area contributed by atoms with Gasteiger partial charge in [0.15, 0.2) is 5.78 Å². The van der Waals surface area contributed by atoms with Gasteiger partial charge >= 0.3 is 0 Å². The van der Waals surface area contributed by atoms with Crippen molar-refractivity contribution < 1.29 is 14.5 Å².